The fourth-order valence-corrected chi connectivity index (χ4v) is 3.84. The highest BCUT2D eigenvalue weighted by Gasteiger charge is 2.23. The van der Waals surface area contributed by atoms with Crippen LogP contribution in [0.15, 0.2) is 38.3 Å². The van der Waals surface area contributed by atoms with Gasteiger partial charge >= 0.3 is 0 Å². The second-order valence-corrected chi connectivity index (χ2v) is 7.14. The summed E-state index contributed by atoms with van der Waals surface area (Å²) in [5, 5.41) is 0. The van der Waals surface area contributed by atoms with Crippen molar-refractivity contribution in [3.63, 3.8) is 0 Å². The third-order valence-corrected chi connectivity index (χ3v) is 5.54. The molecule has 0 spiro atoms. The van der Waals surface area contributed by atoms with Gasteiger partial charge in [0, 0.05) is 17.8 Å². The van der Waals surface area contributed by atoms with Crippen molar-refractivity contribution >= 4 is 32.8 Å². The minimum atomic E-state index is -2.19. The zero-order valence-electron chi connectivity index (χ0n) is 13.9. The van der Waals surface area contributed by atoms with Crippen LogP contribution in [0.1, 0.15) is 11.1 Å². The van der Waals surface area contributed by atoms with Crippen LogP contribution < -0.4 is 0 Å². The van der Waals surface area contributed by atoms with Gasteiger partial charge in [-0.25, -0.2) is 14.2 Å². The number of H-pyrrole nitrogens is 1. The first kappa shape index (κ1) is 15.2. The maximum atomic E-state index is 11.5. The van der Waals surface area contributed by atoms with Crippen molar-refractivity contribution < 1.29 is 13.0 Å². The molecule has 0 aliphatic carbocycles. The Kier molecular flexibility index (Phi) is 3.02. The lowest BCUT2D eigenvalue weighted by atomic mass is 10.0. The number of hydrogen-bond donors (Lipinski definition) is 3. The average Bonchev–Trinajstić information content (AvgIpc) is 3.31. The second-order valence-electron chi connectivity index (χ2n) is 6.10. The van der Waals surface area contributed by atoms with Crippen molar-refractivity contribution in [2.75, 3.05) is 0 Å². The number of thiol groups is 1. The number of nitrogens with zero attached hydrogens (tertiary/aromatic N) is 2. The van der Waals surface area contributed by atoms with Crippen LogP contribution in [0.3, 0.4) is 0 Å². The third kappa shape index (κ3) is 1.96. The van der Waals surface area contributed by atoms with Gasteiger partial charge in [0.25, 0.3) is 0 Å². The molecule has 1 aromatic carbocycles. The van der Waals surface area contributed by atoms with Gasteiger partial charge in [-0.3, -0.25) is 4.78 Å². The lowest BCUT2D eigenvalue weighted by Crippen LogP contribution is -1.97. The summed E-state index contributed by atoms with van der Waals surface area (Å²) in [6, 6.07) is 6.41. The van der Waals surface area contributed by atoms with Crippen molar-refractivity contribution in [3.8, 4) is 22.8 Å². The number of benzene rings is 1. The molecule has 0 aliphatic heterocycles. The maximum Gasteiger partial charge on any atom is 0.199 e. The molecule has 8 heteroatoms. The molecular weight excluding hydrogens is 352 g/mol. The van der Waals surface area contributed by atoms with Crippen molar-refractivity contribution in [2.45, 2.75) is 18.7 Å². The summed E-state index contributed by atoms with van der Waals surface area (Å²) in [6.45, 7) is 3.73. The zero-order chi connectivity index (χ0) is 18.0. The van der Waals surface area contributed by atoms with Crippen LogP contribution in [0.25, 0.3) is 45.0 Å². The topological polar surface area (TPSA) is 109 Å². The summed E-state index contributed by atoms with van der Waals surface area (Å²) in [4.78, 5) is 12.6. The quantitative estimate of drug-likeness (QED) is 0.417. The van der Waals surface area contributed by atoms with E-state index in [1.54, 1.807) is 24.6 Å². The Morgan fingerprint density at radius 1 is 1.27 bits per heavy atom. The highest BCUT2D eigenvalue weighted by molar-refractivity contribution is 7.73. The molecule has 0 amide bonds. The lowest BCUT2D eigenvalue weighted by molar-refractivity contribution is 0.612. The molecule has 2 N–H and O–H groups in total. The molecule has 4 aromatic heterocycles. The standard InChI is InChI=1S/C18H13N4O3S/c1-8-9(2)13(26(19)23)4-3-10(8)18-20-6-5-11(22-18)15-14-17-16(25-15)12(21-14)7-24-17/h3,5-7,19,21,26H,1-2H3. The second kappa shape index (κ2) is 5.18. The zero-order valence-corrected chi connectivity index (χ0v) is 14.8. The fraction of sp³-hybridized carbons (Fsp3) is 0.111. The number of rotatable bonds is 3. The molecule has 7 nitrogen and oxygen atoms in total. The first-order valence-electron chi connectivity index (χ1n) is 7.89. The van der Waals surface area contributed by atoms with E-state index >= 15 is 0 Å². The molecule has 0 saturated carbocycles. The molecule has 1 atom stereocenters. The monoisotopic (exact) mass is 365 g/mol. The molecule has 4 heterocycles. The molecule has 0 fully saturated rings. The average molecular weight is 365 g/mol. The van der Waals surface area contributed by atoms with Crippen LogP contribution in [0.5, 0.6) is 0 Å². The Morgan fingerprint density at radius 3 is 2.85 bits per heavy atom. The van der Waals surface area contributed by atoms with E-state index in [-0.39, 0.29) is 0 Å². The summed E-state index contributed by atoms with van der Waals surface area (Å²) >= 11 is 0. The number of nitrogens with one attached hydrogen (secondary N) is 2. The maximum absolute atomic E-state index is 11.5. The normalized spacial score (nSPS) is 13.2. The Balaban J connectivity index is 1.65. The van der Waals surface area contributed by atoms with E-state index in [9.17, 15) is 4.21 Å². The number of aromatic nitrogens is 3. The van der Waals surface area contributed by atoms with E-state index in [4.69, 9.17) is 13.6 Å². The van der Waals surface area contributed by atoms with E-state index in [1.165, 1.54) is 0 Å². The Bertz CT molecular complexity index is 1350. The van der Waals surface area contributed by atoms with E-state index < -0.39 is 10.6 Å². The summed E-state index contributed by atoms with van der Waals surface area (Å²) in [7, 11) is -2.19. The number of aromatic amines is 1. The highest BCUT2D eigenvalue weighted by atomic mass is 32.2. The Hall–Kier alpha value is -3.13. The van der Waals surface area contributed by atoms with Gasteiger partial charge in [0.1, 0.15) is 23.0 Å². The van der Waals surface area contributed by atoms with Crippen LogP contribution >= 0.6 is 0 Å². The summed E-state index contributed by atoms with van der Waals surface area (Å²) < 4.78 is 30.3. The third-order valence-electron chi connectivity index (χ3n) is 4.67. The summed E-state index contributed by atoms with van der Waals surface area (Å²) in [6.07, 6.45) is 3.29. The molecule has 26 heavy (non-hydrogen) atoms. The largest absolute Gasteiger partial charge is 0.456 e. The Labute approximate surface area is 149 Å². The van der Waals surface area contributed by atoms with Crippen LogP contribution in [-0.4, -0.2) is 19.2 Å². The summed E-state index contributed by atoms with van der Waals surface area (Å²) in [5.74, 6) is 1.13. The Morgan fingerprint density at radius 2 is 2.12 bits per heavy atom. The van der Waals surface area contributed by atoms with Crippen molar-refractivity contribution in [1.29, 1.82) is 4.78 Å². The SMILES string of the molecule is Cc1c([SH](=N)=O)[c]cc(-c2nccc(-c3oc4c5coc4c3[nH]5)n2)c1C. The fourth-order valence-electron chi connectivity index (χ4n) is 3.19. The molecule has 4 bridgehead atoms. The van der Waals surface area contributed by atoms with Crippen LogP contribution in [0.2, 0.25) is 0 Å². The van der Waals surface area contributed by atoms with Gasteiger partial charge in [-0.2, -0.15) is 0 Å². The van der Waals surface area contributed by atoms with Crippen LogP contribution in [-0.2, 0) is 10.6 Å². The van der Waals surface area contributed by atoms with Gasteiger partial charge in [-0.1, -0.05) is 0 Å². The minimum Gasteiger partial charge on any atom is -0.456 e. The number of hydrogen-bond acceptors (Lipinski definition) is 6. The molecule has 5 rings (SSSR count). The van der Waals surface area contributed by atoms with Gasteiger partial charge in [-0.15, -0.1) is 0 Å². The number of furan rings is 2. The van der Waals surface area contributed by atoms with Crippen LogP contribution in [0, 0.1) is 24.7 Å². The van der Waals surface area contributed by atoms with E-state index in [2.05, 4.69) is 21.0 Å². The predicted molar refractivity (Wildman–Crippen MR) is 96.8 cm³/mol. The molecule has 129 valence electrons. The van der Waals surface area contributed by atoms with E-state index in [0.717, 1.165) is 27.7 Å². The van der Waals surface area contributed by atoms with Crippen LogP contribution in [0.4, 0.5) is 0 Å². The lowest BCUT2D eigenvalue weighted by Gasteiger charge is -2.10. The smallest absolute Gasteiger partial charge is 0.199 e. The molecule has 0 saturated heterocycles. The molecule has 1 unspecified atom stereocenters. The molecule has 0 aliphatic rings. The van der Waals surface area contributed by atoms with Gasteiger partial charge in [0.05, 0.1) is 15.5 Å². The van der Waals surface area contributed by atoms with Gasteiger partial charge < -0.3 is 13.8 Å². The molecular formula is C18H13N4O3S. The highest BCUT2D eigenvalue weighted by Crippen LogP contribution is 2.39. The minimum absolute atomic E-state index is 0.414. The molecule has 5 aromatic rings. The van der Waals surface area contributed by atoms with E-state index in [0.29, 0.717) is 33.3 Å². The van der Waals surface area contributed by atoms with Crippen molar-refractivity contribution in [3.05, 3.63) is 41.8 Å². The van der Waals surface area contributed by atoms with Gasteiger partial charge in [0.2, 0.25) is 0 Å². The summed E-state index contributed by atoms with van der Waals surface area (Å²) in [5.41, 5.74) is 6.08. The van der Waals surface area contributed by atoms with Gasteiger partial charge in [0.15, 0.2) is 22.8 Å². The first-order valence-corrected chi connectivity index (χ1v) is 9.15. The van der Waals surface area contributed by atoms with Crippen molar-refractivity contribution in [2.24, 2.45) is 0 Å². The van der Waals surface area contributed by atoms with Gasteiger partial charge in [-0.05, 0) is 37.1 Å². The van der Waals surface area contributed by atoms with E-state index in [1.807, 2.05) is 13.8 Å². The first-order chi connectivity index (χ1) is 12.5. The van der Waals surface area contributed by atoms with Crippen molar-refractivity contribution in [1.82, 2.24) is 15.0 Å². The molecule has 1 radical (unpaired) electrons. The predicted octanol–water partition coefficient (Wildman–Crippen LogP) is 4.09.